The van der Waals surface area contributed by atoms with Gasteiger partial charge in [0.25, 0.3) is 0 Å². The largest absolute Gasteiger partial charge is 0.447 e. The van der Waals surface area contributed by atoms with Gasteiger partial charge < -0.3 is 51.0 Å². The Bertz CT molecular complexity index is 1380. The van der Waals surface area contributed by atoms with Crippen molar-refractivity contribution in [1.82, 2.24) is 15.1 Å². The Morgan fingerprint density at radius 3 is 2.25 bits per heavy atom. The van der Waals surface area contributed by atoms with Crippen molar-refractivity contribution in [2.24, 2.45) is 28.9 Å². The third-order valence-corrected chi connectivity index (χ3v) is 12.4. The molecular weight excluding hydrogens is 656 g/mol. The highest BCUT2D eigenvalue weighted by Crippen LogP contribution is 2.64. The molecule has 51 heavy (non-hydrogen) atoms. The number of hydrogen-bond donors (Lipinski definition) is 7. The Hall–Kier alpha value is -2.62. The van der Waals surface area contributed by atoms with Crippen molar-refractivity contribution in [3.8, 4) is 0 Å². The summed E-state index contributed by atoms with van der Waals surface area (Å²) in [6, 6.07) is 7.49. The molecule has 7 rings (SSSR count). The number of carbonyl (C=O) groups excluding carboxylic acids is 2. The third-order valence-electron chi connectivity index (χ3n) is 12.4. The van der Waals surface area contributed by atoms with Gasteiger partial charge in [-0.25, -0.2) is 4.79 Å². The van der Waals surface area contributed by atoms with E-state index in [1.165, 1.54) is 6.42 Å². The highest BCUT2D eigenvalue weighted by atomic mass is 16.6. The third kappa shape index (κ3) is 8.16. The molecule has 0 radical (unpaired) electrons. The minimum atomic E-state index is -1.66. The number of ether oxygens (including phenoxy) is 2. The molecule has 6 aliphatic rings. The van der Waals surface area contributed by atoms with Crippen LogP contribution in [0.5, 0.6) is 0 Å². The molecule has 284 valence electrons. The number of benzene rings is 1. The summed E-state index contributed by atoms with van der Waals surface area (Å²) >= 11 is 0. The van der Waals surface area contributed by atoms with Crippen LogP contribution in [0.3, 0.4) is 0 Å². The van der Waals surface area contributed by atoms with E-state index in [0.717, 1.165) is 49.7 Å². The van der Waals surface area contributed by atoms with Crippen molar-refractivity contribution in [3.63, 3.8) is 0 Å². The Morgan fingerprint density at radius 1 is 0.980 bits per heavy atom. The molecule has 13 heteroatoms. The summed E-state index contributed by atoms with van der Waals surface area (Å²) in [5, 5.41) is 51.7. The molecule has 13 nitrogen and oxygen atoms in total. The highest BCUT2D eigenvalue weighted by Gasteiger charge is 2.62. The lowest BCUT2D eigenvalue weighted by atomic mass is 9.46. The number of hydrogen-bond acceptors (Lipinski definition) is 11. The minimum Gasteiger partial charge on any atom is -0.447 e. The van der Waals surface area contributed by atoms with Crippen LogP contribution in [0, 0.1) is 23.2 Å². The van der Waals surface area contributed by atoms with Gasteiger partial charge in [0.15, 0.2) is 0 Å². The van der Waals surface area contributed by atoms with Gasteiger partial charge in [0.2, 0.25) is 5.91 Å². The Labute approximate surface area is 300 Å². The molecule has 0 aromatic heterocycles. The summed E-state index contributed by atoms with van der Waals surface area (Å²) < 4.78 is 12.0. The van der Waals surface area contributed by atoms with E-state index in [1.54, 1.807) is 0 Å². The first-order chi connectivity index (χ1) is 24.4. The maximum absolute atomic E-state index is 13.9. The smallest absolute Gasteiger partial charge is 0.407 e. The fourth-order valence-corrected chi connectivity index (χ4v) is 10.1. The minimum absolute atomic E-state index is 0.0545. The number of alkyl carbamates (subject to hydrolysis) is 1. The van der Waals surface area contributed by atoms with Gasteiger partial charge in [-0.1, -0.05) is 43.3 Å². The number of aliphatic hydroxyl groups is 5. The predicted molar refractivity (Wildman–Crippen MR) is 188 cm³/mol. The Morgan fingerprint density at radius 2 is 1.65 bits per heavy atom. The van der Waals surface area contributed by atoms with Gasteiger partial charge in [-0.05, 0) is 86.8 Å². The zero-order valence-electron chi connectivity index (χ0n) is 30.0. The number of nitrogens with one attached hydrogen (secondary N) is 1. The molecule has 5 aliphatic carbocycles. The summed E-state index contributed by atoms with van der Waals surface area (Å²) in [7, 11) is 0. The van der Waals surface area contributed by atoms with Crippen LogP contribution >= 0.6 is 0 Å². The van der Waals surface area contributed by atoms with Crippen LogP contribution in [0.25, 0.3) is 0 Å². The maximum Gasteiger partial charge on any atom is 0.407 e. The van der Waals surface area contributed by atoms with E-state index >= 15 is 0 Å². The standard InChI is InChI=1S/C38H58N4O9/c1-3-41(20-30(44)32(46)33(47)31(45)21-43)19-25-6-4-24(5-7-25)18-40-36(49)50-10-11-51-38-16-26-13-27(17-38)15-37(14-26,22-38)34(39)35(48)42-23(2)12-28-8-9-29(28)42/h4-9,23,26-34,43-47H,3,10-22,39H2,1-2H3,(H,40,49)/t23-,26?,27?,28+,29+,30+,31-,32-,33-,34-,37?,38?/m1/s1. The molecule has 5 fully saturated rings. The Kier molecular flexibility index (Phi) is 11.8. The number of likely N-dealkylation sites (tertiary alicyclic amines) is 1. The van der Waals surface area contributed by atoms with E-state index in [9.17, 15) is 30.0 Å². The molecule has 1 heterocycles. The molecule has 4 bridgehead atoms. The van der Waals surface area contributed by atoms with Crippen molar-refractivity contribution in [2.45, 2.75) is 120 Å². The van der Waals surface area contributed by atoms with Gasteiger partial charge in [0, 0.05) is 31.6 Å². The van der Waals surface area contributed by atoms with Crippen LogP contribution in [-0.2, 0) is 27.4 Å². The second-order valence-corrected chi connectivity index (χ2v) is 16.1. The first-order valence-electron chi connectivity index (χ1n) is 18.8. The molecule has 2 amide bonds. The Balaban J connectivity index is 0.926. The van der Waals surface area contributed by atoms with Gasteiger partial charge >= 0.3 is 6.09 Å². The van der Waals surface area contributed by atoms with E-state index in [4.69, 9.17) is 20.3 Å². The average Bonchev–Trinajstić information content (AvgIpc) is 3.33. The van der Waals surface area contributed by atoms with Crippen molar-refractivity contribution < 1.29 is 44.6 Å². The van der Waals surface area contributed by atoms with Crippen LogP contribution in [0.15, 0.2) is 36.4 Å². The molecule has 4 saturated carbocycles. The van der Waals surface area contributed by atoms with Gasteiger partial charge in [-0.2, -0.15) is 0 Å². The quantitative estimate of drug-likeness (QED) is 0.0899. The number of nitrogens with two attached hydrogens (primary N) is 1. The molecule has 1 aromatic carbocycles. The van der Waals surface area contributed by atoms with E-state index in [-0.39, 0.29) is 48.7 Å². The molecule has 10 atom stereocenters. The molecule has 1 aromatic rings. The highest BCUT2D eigenvalue weighted by molar-refractivity contribution is 5.84. The zero-order valence-corrected chi connectivity index (χ0v) is 30.0. The topological polar surface area (TPSA) is 198 Å². The number of fused-ring (bicyclic) bond motifs is 1. The van der Waals surface area contributed by atoms with Crippen LogP contribution in [0.4, 0.5) is 4.79 Å². The first-order valence-corrected chi connectivity index (χ1v) is 18.8. The van der Waals surface area contributed by atoms with Gasteiger partial charge in [-0.3, -0.25) is 9.69 Å². The van der Waals surface area contributed by atoms with Gasteiger partial charge in [0.1, 0.15) is 24.9 Å². The number of nitrogens with zero attached hydrogens (tertiary/aromatic N) is 2. The molecule has 8 N–H and O–H groups in total. The number of carbonyl (C=O) groups is 2. The van der Waals surface area contributed by atoms with Crippen LogP contribution in [0.2, 0.25) is 0 Å². The second-order valence-electron chi connectivity index (χ2n) is 16.1. The van der Waals surface area contributed by atoms with Crippen molar-refractivity contribution >= 4 is 12.0 Å². The lowest BCUT2D eigenvalue weighted by Crippen LogP contribution is -2.65. The van der Waals surface area contributed by atoms with Crippen molar-refractivity contribution in [2.75, 3.05) is 32.9 Å². The fraction of sp³-hybridized carbons (Fsp3) is 0.737. The van der Waals surface area contributed by atoms with Crippen molar-refractivity contribution in [1.29, 1.82) is 0 Å². The molecule has 0 spiro atoms. The van der Waals surface area contributed by atoms with Gasteiger partial charge in [-0.15, -0.1) is 0 Å². The van der Waals surface area contributed by atoms with Crippen molar-refractivity contribution in [3.05, 3.63) is 47.5 Å². The van der Waals surface area contributed by atoms with Crippen LogP contribution in [-0.4, -0.2) is 128 Å². The first kappa shape index (κ1) is 38.1. The number of amides is 2. The molecule has 1 aliphatic heterocycles. The number of rotatable bonds is 17. The lowest BCUT2D eigenvalue weighted by molar-refractivity contribution is -0.203. The van der Waals surface area contributed by atoms with E-state index in [0.29, 0.717) is 37.5 Å². The van der Waals surface area contributed by atoms with Gasteiger partial charge in [0.05, 0.1) is 37.0 Å². The zero-order chi connectivity index (χ0) is 36.5. The monoisotopic (exact) mass is 714 g/mol. The van der Waals surface area contributed by atoms with Crippen LogP contribution < -0.4 is 11.1 Å². The number of aliphatic hydroxyl groups excluding tert-OH is 5. The summed E-state index contributed by atoms with van der Waals surface area (Å²) in [5.41, 5.74) is 8.18. The summed E-state index contributed by atoms with van der Waals surface area (Å²) in [6.07, 6.45) is 4.57. The fourth-order valence-electron chi connectivity index (χ4n) is 10.1. The van der Waals surface area contributed by atoms with E-state index < -0.39 is 43.2 Å². The normalized spacial score (nSPS) is 33.4. The average molecular weight is 715 g/mol. The summed E-state index contributed by atoms with van der Waals surface area (Å²) in [4.78, 5) is 30.3. The molecule has 2 unspecified atom stereocenters. The maximum atomic E-state index is 13.9. The predicted octanol–water partition coefficient (Wildman–Crippen LogP) is 1.03. The lowest BCUT2D eigenvalue weighted by Gasteiger charge is -2.63. The van der Waals surface area contributed by atoms with Crippen LogP contribution in [0.1, 0.15) is 69.9 Å². The molecule has 1 saturated heterocycles. The van der Waals surface area contributed by atoms with E-state index in [2.05, 4.69) is 24.4 Å². The van der Waals surface area contributed by atoms with E-state index in [1.807, 2.05) is 41.0 Å². The number of likely N-dealkylation sites (N-methyl/N-ethyl adjacent to an activating group) is 1. The second kappa shape index (κ2) is 15.8. The summed E-state index contributed by atoms with van der Waals surface area (Å²) in [6.45, 7) is 5.10. The summed E-state index contributed by atoms with van der Waals surface area (Å²) in [5.74, 6) is 1.57. The SMILES string of the molecule is CCN(Cc1ccc(CNC(=O)OCCOC23CC4CC(C2)CC([C@H](N)C(=O)N2[C@H](C)C[C@@H]5C=C[C@@H]52)(C4)C3)cc1)C[C@H](O)[C@@H](O)[C@H](O)[C@H](O)CO. The molecular formula is C38H58N4O9.